The van der Waals surface area contributed by atoms with Crippen LogP contribution in [0.3, 0.4) is 0 Å². The lowest BCUT2D eigenvalue weighted by Crippen LogP contribution is -2.50. The van der Waals surface area contributed by atoms with Gasteiger partial charge in [-0.3, -0.25) is 4.79 Å². The Labute approximate surface area is 143 Å². The van der Waals surface area contributed by atoms with Gasteiger partial charge in [0.05, 0.1) is 6.61 Å². The van der Waals surface area contributed by atoms with Crippen LogP contribution >= 0.6 is 0 Å². The van der Waals surface area contributed by atoms with Crippen LogP contribution in [0.1, 0.15) is 24.5 Å². The highest BCUT2D eigenvalue weighted by Gasteiger charge is 2.24. The lowest BCUT2D eigenvalue weighted by atomic mass is 10.1. The van der Waals surface area contributed by atoms with Gasteiger partial charge in [0, 0.05) is 44.8 Å². The highest BCUT2D eigenvalue weighted by molar-refractivity contribution is 5.77. The molecule has 1 aromatic carbocycles. The maximum Gasteiger partial charge on any atom is 0.409 e. The standard InChI is InChI=1S/C18H27N3O3/c1-4-24-18(23)21-11-9-20(10-12-21)17(22)7-8-19-16-13-14(2)5-6-15(16)3/h5-6,13,19H,4,7-12H2,1-3H3. The highest BCUT2D eigenvalue weighted by Crippen LogP contribution is 2.16. The number of aryl methyl sites for hydroxylation is 2. The van der Waals surface area contributed by atoms with Gasteiger partial charge >= 0.3 is 6.09 Å². The van der Waals surface area contributed by atoms with E-state index in [-0.39, 0.29) is 12.0 Å². The number of rotatable bonds is 5. The van der Waals surface area contributed by atoms with Crippen molar-refractivity contribution in [3.8, 4) is 0 Å². The Kier molecular flexibility index (Phi) is 6.46. The third kappa shape index (κ3) is 4.88. The predicted octanol–water partition coefficient (Wildman–Crippen LogP) is 2.41. The van der Waals surface area contributed by atoms with Crippen molar-refractivity contribution in [1.82, 2.24) is 9.80 Å². The minimum Gasteiger partial charge on any atom is -0.450 e. The number of amides is 2. The zero-order chi connectivity index (χ0) is 17.5. The summed E-state index contributed by atoms with van der Waals surface area (Å²) in [6.45, 7) is 9.10. The quantitative estimate of drug-likeness (QED) is 0.899. The SMILES string of the molecule is CCOC(=O)N1CCN(C(=O)CCNc2cc(C)ccc2C)CC1. The molecule has 6 heteroatoms. The fourth-order valence-corrected chi connectivity index (χ4v) is 2.74. The highest BCUT2D eigenvalue weighted by atomic mass is 16.6. The van der Waals surface area contributed by atoms with Gasteiger partial charge in [0.25, 0.3) is 0 Å². The van der Waals surface area contributed by atoms with Gasteiger partial charge in [-0.25, -0.2) is 4.79 Å². The Bertz CT molecular complexity index is 581. The van der Waals surface area contributed by atoms with E-state index >= 15 is 0 Å². The molecular weight excluding hydrogens is 306 g/mol. The van der Waals surface area contributed by atoms with Crippen LogP contribution in [0.5, 0.6) is 0 Å². The number of ether oxygens (including phenoxy) is 1. The number of piperazine rings is 1. The lowest BCUT2D eigenvalue weighted by molar-refractivity contribution is -0.132. The zero-order valence-corrected chi connectivity index (χ0v) is 14.8. The first-order valence-corrected chi connectivity index (χ1v) is 8.52. The predicted molar refractivity (Wildman–Crippen MR) is 94.2 cm³/mol. The number of hydrogen-bond acceptors (Lipinski definition) is 4. The third-order valence-corrected chi connectivity index (χ3v) is 4.21. The second kappa shape index (κ2) is 8.57. The van der Waals surface area contributed by atoms with Crippen molar-refractivity contribution >= 4 is 17.7 Å². The molecule has 1 fully saturated rings. The number of nitrogens with zero attached hydrogens (tertiary/aromatic N) is 2. The molecule has 1 saturated heterocycles. The molecule has 0 aromatic heterocycles. The summed E-state index contributed by atoms with van der Waals surface area (Å²) >= 11 is 0. The zero-order valence-electron chi connectivity index (χ0n) is 14.8. The van der Waals surface area contributed by atoms with Gasteiger partial charge in [-0.15, -0.1) is 0 Å². The van der Waals surface area contributed by atoms with Gasteiger partial charge in [0.1, 0.15) is 0 Å². The summed E-state index contributed by atoms with van der Waals surface area (Å²) in [7, 11) is 0. The molecule has 24 heavy (non-hydrogen) atoms. The van der Waals surface area contributed by atoms with Crippen molar-refractivity contribution in [2.45, 2.75) is 27.2 Å². The molecule has 1 N–H and O–H groups in total. The molecule has 0 radical (unpaired) electrons. The van der Waals surface area contributed by atoms with Crippen LogP contribution in [0.2, 0.25) is 0 Å². The number of carbonyl (C=O) groups is 2. The van der Waals surface area contributed by atoms with E-state index in [0.717, 1.165) is 5.69 Å². The summed E-state index contributed by atoms with van der Waals surface area (Å²) in [5, 5.41) is 3.34. The molecular formula is C18H27N3O3. The topological polar surface area (TPSA) is 61.9 Å². The van der Waals surface area contributed by atoms with E-state index in [0.29, 0.717) is 45.8 Å². The lowest BCUT2D eigenvalue weighted by Gasteiger charge is -2.34. The first-order chi connectivity index (χ1) is 11.5. The second-order valence-corrected chi connectivity index (χ2v) is 6.06. The minimum absolute atomic E-state index is 0.122. The van der Waals surface area contributed by atoms with Gasteiger partial charge in [0.2, 0.25) is 5.91 Å². The van der Waals surface area contributed by atoms with Gasteiger partial charge in [-0.05, 0) is 38.0 Å². The van der Waals surface area contributed by atoms with Gasteiger partial charge in [-0.2, -0.15) is 0 Å². The molecule has 1 aromatic rings. The summed E-state index contributed by atoms with van der Waals surface area (Å²) < 4.78 is 4.99. The van der Waals surface area contributed by atoms with Crippen molar-refractivity contribution in [3.63, 3.8) is 0 Å². The molecule has 0 saturated carbocycles. The first kappa shape index (κ1) is 18.1. The van der Waals surface area contributed by atoms with Crippen LogP contribution in [0.15, 0.2) is 18.2 Å². The molecule has 6 nitrogen and oxygen atoms in total. The summed E-state index contributed by atoms with van der Waals surface area (Å²) in [5.74, 6) is 0.122. The number of nitrogens with one attached hydrogen (secondary N) is 1. The molecule has 1 heterocycles. The van der Waals surface area contributed by atoms with Crippen molar-refractivity contribution < 1.29 is 14.3 Å². The number of benzene rings is 1. The first-order valence-electron chi connectivity index (χ1n) is 8.52. The van der Waals surface area contributed by atoms with Gasteiger partial charge in [0.15, 0.2) is 0 Å². The van der Waals surface area contributed by atoms with Gasteiger partial charge in [-0.1, -0.05) is 12.1 Å². The number of hydrogen-bond donors (Lipinski definition) is 1. The fraction of sp³-hybridized carbons (Fsp3) is 0.556. The van der Waals surface area contributed by atoms with Crippen molar-refractivity contribution in [2.24, 2.45) is 0 Å². The largest absolute Gasteiger partial charge is 0.450 e. The summed E-state index contributed by atoms with van der Waals surface area (Å²) in [6.07, 6.45) is 0.161. The summed E-state index contributed by atoms with van der Waals surface area (Å²) in [5.41, 5.74) is 3.45. The Balaban J connectivity index is 1.74. The monoisotopic (exact) mass is 333 g/mol. The molecule has 0 atom stereocenters. The molecule has 0 unspecified atom stereocenters. The van der Waals surface area contributed by atoms with E-state index in [1.54, 1.807) is 11.8 Å². The smallest absolute Gasteiger partial charge is 0.409 e. The third-order valence-electron chi connectivity index (χ3n) is 4.21. The fourth-order valence-electron chi connectivity index (χ4n) is 2.74. The van der Waals surface area contributed by atoms with Crippen LogP contribution in [-0.2, 0) is 9.53 Å². The maximum absolute atomic E-state index is 12.3. The Morgan fingerprint density at radius 3 is 2.46 bits per heavy atom. The number of carbonyl (C=O) groups excluding carboxylic acids is 2. The second-order valence-electron chi connectivity index (χ2n) is 6.06. The minimum atomic E-state index is -0.291. The van der Waals surface area contributed by atoms with Crippen molar-refractivity contribution in [3.05, 3.63) is 29.3 Å². The Morgan fingerprint density at radius 2 is 1.79 bits per heavy atom. The summed E-state index contributed by atoms with van der Waals surface area (Å²) in [4.78, 5) is 27.4. The van der Waals surface area contributed by atoms with E-state index in [1.165, 1.54) is 11.1 Å². The molecule has 0 spiro atoms. The molecule has 2 rings (SSSR count). The van der Waals surface area contributed by atoms with Crippen LogP contribution in [0, 0.1) is 13.8 Å². The van der Waals surface area contributed by atoms with Crippen LogP contribution < -0.4 is 5.32 Å². The van der Waals surface area contributed by atoms with E-state index in [1.807, 2.05) is 4.90 Å². The van der Waals surface area contributed by atoms with Crippen LogP contribution in [0.4, 0.5) is 10.5 Å². The number of anilines is 1. The van der Waals surface area contributed by atoms with Crippen molar-refractivity contribution in [2.75, 3.05) is 44.6 Å². The van der Waals surface area contributed by atoms with E-state index in [2.05, 4.69) is 37.4 Å². The van der Waals surface area contributed by atoms with E-state index < -0.39 is 0 Å². The van der Waals surface area contributed by atoms with Crippen LogP contribution in [-0.4, -0.2) is 61.1 Å². The molecule has 0 bridgehead atoms. The molecule has 1 aliphatic heterocycles. The molecule has 1 aliphatic rings. The average Bonchev–Trinajstić information content (AvgIpc) is 2.58. The van der Waals surface area contributed by atoms with E-state index in [4.69, 9.17) is 4.74 Å². The molecule has 0 aliphatic carbocycles. The summed E-state index contributed by atoms with van der Waals surface area (Å²) in [6, 6.07) is 6.25. The maximum atomic E-state index is 12.3. The molecule has 2 amide bonds. The van der Waals surface area contributed by atoms with Gasteiger partial charge < -0.3 is 19.9 Å². The Morgan fingerprint density at radius 1 is 1.12 bits per heavy atom. The van der Waals surface area contributed by atoms with Crippen molar-refractivity contribution in [1.29, 1.82) is 0 Å². The van der Waals surface area contributed by atoms with Crippen LogP contribution in [0.25, 0.3) is 0 Å². The van der Waals surface area contributed by atoms with E-state index in [9.17, 15) is 9.59 Å². The average molecular weight is 333 g/mol. The molecule has 132 valence electrons. The normalized spacial score (nSPS) is 14.5. The Hall–Kier alpha value is -2.24.